The number of hydrogen-bond acceptors (Lipinski definition) is 2. The zero-order valence-corrected chi connectivity index (χ0v) is 14.1. The number of aryl methyl sites for hydroxylation is 3. The highest BCUT2D eigenvalue weighted by Crippen LogP contribution is 2.35. The molecule has 1 aliphatic heterocycles. The molecule has 2 nitrogen and oxygen atoms in total. The van der Waals surface area contributed by atoms with Crippen molar-refractivity contribution in [1.82, 2.24) is 5.32 Å². The maximum atomic E-state index is 13.7. The van der Waals surface area contributed by atoms with E-state index < -0.39 is 11.7 Å². The highest BCUT2D eigenvalue weighted by atomic mass is 19.1. The number of halogens is 1. The third-order valence-electron chi connectivity index (χ3n) is 5.06. The highest BCUT2D eigenvalue weighted by Gasteiger charge is 2.40. The summed E-state index contributed by atoms with van der Waals surface area (Å²) in [7, 11) is 0. The molecular weight excluding hydrogens is 299 g/mol. The van der Waals surface area contributed by atoms with Gasteiger partial charge in [-0.25, -0.2) is 4.39 Å². The van der Waals surface area contributed by atoms with Crippen molar-refractivity contribution in [3.8, 4) is 6.07 Å². The van der Waals surface area contributed by atoms with Crippen LogP contribution in [-0.4, -0.2) is 12.7 Å². The minimum absolute atomic E-state index is 0.302. The monoisotopic (exact) mass is 322 g/mol. The van der Waals surface area contributed by atoms with Crippen molar-refractivity contribution in [1.29, 1.82) is 5.26 Å². The molecule has 0 amide bonds. The summed E-state index contributed by atoms with van der Waals surface area (Å²) in [6, 6.07) is 19.0. The average Bonchev–Trinajstić information content (AvgIpc) is 2.97. The first-order chi connectivity index (χ1) is 11.6. The molecule has 1 saturated heterocycles. The Kier molecular flexibility index (Phi) is 4.97. The number of benzene rings is 2. The second-order valence-corrected chi connectivity index (χ2v) is 6.72. The predicted octanol–water partition coefficient (Wildman–Crippen LogP) is 4.22. The number of hydrogen-bond donors (Lipinski definition) is 1. The molecule has 2 atom stereocenters. The molecule has 0 radical (unpaired) electrons. The topological polar surface area (TPSA) is 35.8 Å². The fraction of sp³-hybridized carbons (Fsp3) is 0.381. The Balaban J connectivity index is 1.71. The Morgan fingerprint density at radius 2 is 1.92 bits per heavy atom. The van der Waals surface area contributed by atoms with Crippen molar-refractivity contribution in [3.63, 3.8) is 0 Å². The molecule has 0 bridgehead atoms. The summed E-state index contributed by atoms with van der Waals surface area (Å²) in [6.07, 6.45) is 1.80. The molecule has 1 aliphatic rings. The molecule has 0 saturated carbocycles. The summed E-state index contributed by atoms with van der Waals surface area (Å²) < 4.78 is 13.7. The molecule has 0 unspecified atom stereocenters. The molecule has 0 aromatic heterocycles. The van der Waals surface area contributed by atoms with E-state index in [9.17, 15) is 4.39 Å². The molecule has 3 rings (SSSR count). The van der Waals surface area contributed by atoms with Crippen LogP contribution in [0, 0.1) is 18.3 Å². The lowest BCUT2D eigenvalue weighted by atomic mass is 9.84. The quantitative estimate of drug-likeness (QED) is 0.894. The Morgan fingerprint density at radius 1 is 1.17 bits per heavy atom. The van der Waals surface area contributed by atoms with Gasteiger partial charge in [0.1, 0.15) is 6.17 Å². The summed E-state index contributed by atoms with van der Waals surface area (Å²) >= 11 is 0. The first-order valence-electron chi connectivity index (χ1n) is 8.53. The second kappa shape index (κ2) is 7.15. The third kappa shape index (κ3) is 3.49. The van der Waals surface area contributed by atoms with Crippen molar-refractivity contribution >= 4 is 0 Å². The first-order valence-corrected chi connectivity index (χ1v) is 8.53. The highest BCUT2D eigenvalue weighted by molar-refractivity contribution is 5.32. The maximum Gasteiger partial charge on any atom is 0.115 e. The van der Waals surface area contributed by atoms with Gasteiger partial charge in [0.2, 0.25) is 0 Å². The molecule has 0 spiro atoms. The normalized spacial score (nSPS) is 23.1. The minimum Gasteiger partial charge on any atom is -0.304 e. The van der Waals surface area contributed by atoms with Gasteiger partial charge in [-0.2, -0.15) is 5.26 Å². The van der Waals surface area contributed by atoms with E-state index in [-0.39, 0.29) is 0 Å². The van der Waals surface area contributed by atoms with E-state index in [0.29, 0.717) is 19.4 Å². The van der Waals surface area contributed by atoms with Gasteiger partial charge in [-0.1, -0.05) is 48.5 Å². The van der Waals surface area contributed by atoms with Crippen LogP contribution in [0.5, 0.6) is 0 Å². The SMILES string of the molecule is Cc1ccccc1CCc1ccc([C@@]2(CC#N)C[C@H](F)CN2)cc1. The molecule has 124 valence electrons. The molecular formula is C21H23FN2. The van der Waals surface area contributed by atoms with Gasteiger partial charge in [-0.05, 0) is 42.0 Å². The van der Waals surface area contributed by atoms with Crippen LogP contribution in [0.2, 0.25) is 0 Å². The average molecular weight is 322 g/mol. The molecule has 2 aromatic carbocycles. The van der Waals surface area contributed by atoms with Gasteiger partial charge < -0.3 is 5.32 Å². The largest absolute Gasteiger partial charge is 0.304 e. The standard InChI is InChI=1S/C21H23FN2/c1-16-4-2-3-5-18(16)9-6-17-7-10-19(11-8-17)21(12-13-23)14-20(22)15-24-21/h2-5,7-8,10-11,20,24H,6,9,12,14-15H2,1H3/t20-,21+/m0/s1. The van der Waals surface area contributed by atoms with Gasteiger partial charge in [0.25, 0.3) is 0 Å². The predicted molar refractivity (Wildman–Crippen MR) is 94.5 cm³/mol. The summed E-state index contributed by atoms with van der Waals surface area (Å²) in [6.45, 7) is 2.47. The van der Waals surface area contributed by atoms with Gasteiger partial charge in [-0.3, -0.25) is 0 Å². The van der Waals surface area contributed by atoms with E-state index in [1.54, 1.807) is 0 Å². The molecule has 2 aromatic rings. The van der Waals surface area contributed by atoms with Gasteiger partial charge >= 0.3 is 0 Å². The Labute approximate surface area is 143 Å². The molecule has 1 fully saturated rings. The second-order valence-electron chi connectivity index (χ2n) is 6.72. The molecule has 0 aliphatic carbocycles. The van der Waals surface area contributed by atoms with Crippen molar-refractivity contribution < 1.29 is 4.39 Å². The van der Waals surface area contributed by atoms with E-state index >= 15 is 0 Å². The van der Waals surface area contributed by atoms with Gasteiger partial charge in [-0.15, -0.1) is 0 Å². The number of alkyl halides is 1. The van der Waals surface area contributed by atoms with Crippen molar-refractivity contribution in [2.75, 3.05) is 6.54 Å². The van der Waals surface area contributed by atoms with E-state index in [1.165, 1.54) is 16.7 Å². The van der Waals surface area contributed by atoms with Gasteiger partial charge in [0, 0.05) is 13.0 Å². The van der Waals surface area contributed by atoms with Crippen molar-refractivity contribution in [2.45, 2.75) is 44.3 Å². The van der Waals surface area contributed by atoms with Crippen LogP contribution < -0.4 is 5.32 Å². The van der Waals surface area contributed by atoms with Crippen LogP contribution in [0.1, 0.15) is 35.1 Å². The molecule has 3 heteroatoms. The van der Waals surface area contributed by atoms with Crippen LogP contribution in [0.3, 0.4) is 0 Å². The number of rotatable bonds is 5. The third-order valence-corrected chi connectivity index (χ3v) is 5.06. The number of nitriles is 1. The minimum atomic E-state index is -0.876. The van der Waals surface area contributed by atoms with Crippen LogP contribution in [0.25, 0.3) is 0 Å². The molecule has 24 heavy (non-hydrogen) atoms. The smallest absolute Gasteiger partial charge is 0.115 e. The van der Waals surface area contributed by atoms with Crippen LogP contribution >= 0.6 is 0 Å². The lowest BCUT2D eigenvalue weighted by Crippen LogP contribution is -2.36. The van der Waals surface area contributed by atoms with E-state index in [2.05, 4.69) is 66.8 Å². The van der Waals surface area contributed by atoms with E-state index in [1.807, 2.05) is 0 Å². The van der Waals surface area contributed by atoms with Crippen LogP contribution in [0.4, 0.5) is 4.39 Å². The lowest BCUT2D eigenvalue weighted by molar-refractivity contribution is 0.323. The van der Waals surface area contributed by atoms with Crippen LogP contribution in [0.15, 0.2) is 48.5 Å². The first kappa shape index (κ1) is 16.7. The van der Waals surface area contributed by atoms with Crippen molar-refractivity contribution in [3.05, 3.63) is 70.8 Å². The van der Waals surface area contributed by atoms with E-state index in [0.717, 1.165) is 18.4 Å². The Morgan fingerprint density at radius 3 is 2.54 bits per heavy atom. The van der Waals surface area contributed by atoms with Gasteiger partial charge in [0.05, 0.1) is 18.0 Å². The zero-order valence-electron chi connectivity index (χ0n) is 14.1. The summed E-state index contributed by atoms with van der Waals surface area (Å²) in [5.41, 5.74) is 4.46. The van der Waals surface area contributed by atoms with Gasteiger partial charge in [0.15, 0.2) is 0 Å². The van der Waals surface area contributed by atoms with Crippen LogP contribution in [-0.2, 0) is 18.4 Å². The molecule has 1 heterocycles. The summed E-state index contributed by atoms with van der Waals surface area (Å²) in [5.74, 6) is 0. The Bertz CT molecular complexity index is 732. The maximum absolute atomic E-state index is 13.7. The fourth-order valence-corrected chi connectivity index (χ4v) is 3.58. The number of nitrogens with zero attached hydrogens (tertiary/aromatic N) is 1. The molecule has 1 N–H and O–H groups in total. The number of nitrogens with one attached hydrogen (secondary N) is 1. The Hall–Kier alpha value is -2.18. The van der Waals surface area contributed by atoms with E-state index in [4.69, 9.17) is 5.26 Å². The van der Waals surface area contributed by atoms with Crippen molar-refractivity contribution in [2.24, 2.45) is 0 Å². The summed E-state index contributed by atoms with van der Waals surface area (Å²) in [4.78, 5) is 0. The zero-order chi connectivity index (χ0) is 17.0. The lowest BCUT2D eigenvalue weighted by Gasteiger charge is -2.27. The summed E-state index contributed by atoms with van der Waals surface area (Å²) in [5, 5.41) is 12.3. The fourth-order valence-electron chi connectivity index (χ4n) is 3.58.